The predicted molar refractivity (Wildman–Crippen MR) is 59.7 cm³/mol. The standard InChI is InChI=1S/C11H13ClFNO2/c1-2-16-11(15)7-14-6-8-3-4-9(12)10(13)5-8/h3-5,14H,2,6-7H2,1H3. The highest BCUT2D eigenvalue weighted by Crippen LogP contribution is 2.15. The summed E-state index contributed by atoms with van der Waals surface area (Å²) in [6, 6.07) is 4.52. The van der Waals surface area contributed by atoms with Gasteiger partial charge in [-0.15, -0.1) is 0 Å². The van der Waals surface area contributed by atoms with Gasteiger partial charge in [-0.3, -0.25) is 4.79 Å². The van der Waals surface area contributed by atoms with Crippen LogP contribution in [0, 0.1) is 5.82 Å². The van der Waals surface area contributed by atoms with Crippen LogP contribution in [0.15, 0.2) is 18.2 Å². The second-order valence-electron chi connectivity index (χ2n) is 3.16. The highest BCUT2D eigenvalue weighted by atomic mass is 35.5. The van der Waals surface area contributed by atoms with Gasteiger partial charge < -0.3 is 10.1 Å². The Morgan fingerprint density at radius 1 is 1.56 bits per heavy atom. The highest BCUT2D eigenvalue weighted by Gasteiger charge is 2.03. The molecule has 0 heterocycles. The zero-order valence-electron chi connectivity index (χ0n) is 8.93. The number of hydrogen-bond acceptors (Lipinski definition) is 3. The van der Waals surface area contributed by atoms with Crippen LogP contribution >= 0.6 is 11.6 Å². The molecule has 1 rings (SSSR count). The first-order valence-corrected chi connectivity index (χ1v) is 5.31. The van der Waals surface area contributed by atoms with E-state index >= 15 is 0 Å². The Bertz CT molecular complexity index is 371. The molecule has 0 saturated carbocycles. The van der Waals surface area contributed by atoms with E-state index in [-0.39, 0.29) is 17.5 Å². The van der Waals surface area contributed by atoms with Gasteiger partial charge in [0.05, 0.1) is 18.2 Å². The molecule has 0 bridgehead atoms. The van der Waals surface area contributed by atoms with Crippen molar-refractivity contribution in [1.29, 1.82) is 0 Å². The summed E-state index contributed by atoms with van der Waals surface area (Å²) in [7, 11) is 0. The van der Waals surface area contributed by atoms with Crippen LogP contribution in [-0.2, 0) is 16.1 Å². The Labute approximate surface area is 98.5 Å². The van der Waals surface area contributed by atoms with Gasteiger partial charge >= 0.3 is 5.97 Å². The molecular weight excluding hydrogens is 233 g/mol. The molecule has 0 aliphatic carbocycles. The van der Waals surface area contributed by atoms with Crippen LogP contribution in [0.25, 0.3) is 0 Å². The molecular formula is C11H13ClFNO2. The van der Waals surface area contributed by atoms with E-state index in [0.717, 1.165) is 5.56 Å². The van der Waals surface area contributed by atoms with E-state index in [1.807, 2.05) is 0 Å². The highest BCUT2D eigenvalue weighted by molar-refractivity contribution is 6.30. The number of carbonyl (C=O) groups excluding carboxylic acids is 1. The number of benzene rings is 1. The molecule has 0 saturated heterocycles. The number of rotatable bonds is 5. The summed E-state index contributed by atoms with van der Waals surface area (Å²) in [6.07, 6.45) is 0. The van der Waals surface area contributed by atoms with Crippen molar-refractivity contribution < 1.29 is 13.9 Å². The molecule has 1 aromatic carbocycles. The molecule has 3 nitrogen and oxygen atoms in total. The van der Waals surface area contributed by atoms with Gasteiger partial charge in [-0.1, -0.05) is 17.7 Å². The fourth-order valence-electron chi connectivity index (χ4n) is 1.17. The van der Waals surface area contributed by atoms with E-state index in [1.165, 1.54) is 12.1 Å². The normalized spacial score (nSPS) is 10.2. The van der Waals surface area contributed by atoms with Gasteiger partial charge in [0.2, 0.25) is 0 Å². The summed E-state index contributed by atoms with van der Waals surface area (Å²) in [4.78, 5) is 11.0. The minimum absolute atomic E-state index is 0.0918. The van der Waals surface area contributed by atoms with E-state index in [4.69, 9.17) is 16.3 Å². The van der Waals surface area contributed by atoms with Crippen molar-refractivity contribution >= 4 is 17.6 Å². The third-order valence-electron chi connectivity index (χ3n) is 1.89. The van der Waals surface area contributed by atoms with Crippen LogP contribution in [-0.4, -0.2) is 19.1 Å². The van der Waals surface area contributed by atoms with Crippen LogP contribution in [0.1, 0.15) is 12.5 Å². The van der Waals surface area contributed by atoms with Crippen LogP contribution < -0.4 is 5.32 Å². The SMILES string of the molecule is CCOC(=O)CNCc1ccc(Cl)c(F)c1. The molecule has 1 aromatic rings. The van der Waals surface area contributed by atoms with Crippen LogP contribution in [0.3, 0.4) is 0 Å². The zero-order chi connectivity index (χ0) is 12.0. The van der Waals surface area contributed by atoms with Crippen molar-refractivity contribution in [3.63, 3.8) is 0 Å². The van der Waals surface area contributed by atoms with Crippen molar-refractivity contribution in [2.24, 2.45) is 0 Å². The largest absolute Gasteiger partial charge is 0.465 e. The lowest BCUT2D eigenvalue weighted by molar-refractivity contribution is -0.142. The molecule has 0 radical (unpaired) electrons. The minimum Gasteiger partial charge on any atom is -0.465 e. The summed E-state index contributed by atoms with van der Waals surface area (Å²) >= 11 is 5.54. The van der Waals surface area contributed by atoms with Crippen molar-refractivity contribution in [2.45, 2.75) is 13.5 Å². The van der Waals surface area contributed by atoms with Crippen molar-refractivity contribution in [3.05, 3.63) is 34.6 Å². The van der Waals surface area contributed by atoms with Gasteiger partial charge in [0.1, 0.15) is 5.82 Å². The molecule has 0 aliphatic rings. The molecule has 88 valence electrons. The maximum Gasteiger partial charge on any atom is 0.319 e. The smallest absolute Gasteiger partial charge is 0.319 e. The minimum atomic E-state index is -0.461. The molecule has 1 N–H and O–H groups in total. The average Bonchev–Trinajstić information content (AvgIpc) is 2.24. The van der Waals surface area contributed by atoms with Crippen LogP contribution in [0.4, 0.5) is 4.39 Å². The van der Waals surface area contributed by atoms with E-state index < -0.39 is 5.82 Å². The van der Waals surface area contributed by atoms with E-state index in [1.54, 1.807) is 13.0 Å². The monoisotopic (exact) mass is 245 g/mol. The molecule has 16 heavy (non-hydrogen) atoms. The molecule has 0 fully saturated rings. The number of ether oxygens (including phenoxy) is 1. The maximum absolute atomic E-state index is 13.0. The van der Waals surface area contributed by atoms with E-state index in [2.05, 4.69) is 5.32 Å². The second kappa shape index (κ2) is 6.45. The summed E-state index contributed by atoms with van der Waals surface area (Å²) in [5, 5.41) is 2.94. The van der Waals surface area contributed by atoms with Gasteiger partial charge in [0.15, 0.2) is 0 Å². The summed E-state index contributed by atoms with van der Waals surface area (Å²) in [6.45, 7) is 2.60. The van der Waals surface area contributed by atoms with Crippen molar-refractivity contribution in [1.82, 2.24) is 5.32 Å². The molecule has 5 heteroatoms. The van der Waals surface area contributed by atoms with E-state index in [9.17, 15) is 9.18 Å². The van der Waals surface area contributed by atoms with Gasteiger partial charge in [-0.25, -0.2) is 4.39 Å². The van der Waals surface area contributed by atoms with Crippen molar-refractivity contribution in [3.8, 4) is 0 Å². The Morgan fingerprint density at radius 3 is 2.94 bits per heavy atom. The fourth-order valence-corrected chi connectivity index (χ4v) is 1.29. The van der Waals surface area contributed by atoms with Crippen LogP contribution in [0.5, 0.6) is 0 Å². The van der Waals surface area contributed by atoms with Gasteiger partial charge in [0, 0.05) is 6.54 Å². The lowest BCUT2D eigenvalue weighted by atomic mass is 10.2. The lowest BCUT2D eigenvalue weighted by Crippen LogP contribution is -2.24. The number of hydrogen-bond donors (Lipinski definition) is 1. The quantitative estimate of drug-likeness (QED) is 0.808. The molecule has 0 unspecified atom stereocenters. The van der Waals surface area contributed by atoms with Gasteiger partial charge in [-0.2, -0.15) is 0 Å². The topological polar surface area (TPSA) is 38.3 Å². The molecule has 0 amide bonds. The summed E-state index contributed by atoms with van der Waals surface area (Å²) < 4.78 is 17.8. The van der Waals surface area contributed by atoms with Crippen molar-refractivity contribution in [2.75, 3.05) is 13.2 Å². The first-order valence-electron chi connectivity index (χ1n) is 4.93. The molecule has 0 aromatic heterocycles. The average molecular weight is 246 g/mol. The Balaban J connectivity index is 2.37. The Hall–Kier alpha value is -1.13. The fraction of sp³-hybridized carbons (Fsp3) is 0.364. The summed E-state index contributed by atoms with van der Waals surface area (Å²) in [5.74, 6) is -0.783. The predicted octanol–water partition coefficient (Wildman–Crippen LogP) is 2.13. The zero-order valence-corrected chi connectivity index (χ0v) is 9.68. The molecule has 0 atom stereocenters. The number of esters is 1. The van der Waals surface area contributed by atoms with Gasteiger partial charge in [0.25, 0.3) is 0 Å². The number of nitrogens with one attached hydrogen (secondary N) is 1. The first kappa shape index (κ1) is 12.9. The maximum atomic E-state index is 13.0. The first-order chi connectivity index (χ1) is 7.63. The Kier molecular flexibility index (Phi) is 5.22. The second-order valence-corrected chi connectivity index (χ2v) is 3.56. The summed E-state index contributed by atoms with van der Waals surface area (Å²) in [5.41, 5.74) is 0.728. The number of halogens is 2. The Morgan fingerprint density at radius 2 is 2.31 bits per heavy atom. The van der Waals surface area contributed by atoms with Crippen LogP contribution in [0.2, 0.25) is 5.02 Å². The lowest BCUT2D eigenvalue weighted by Gasteiger charge is -2.05. The third kappa shape index (κ3) is 4.16. The molecule has 0 aliphatic heterocycles. The number of carbonyl (C=O) groups is 1. The third-order valence-corrected chi connectivity index (χ3v) is 2.19. The van der Waals surface area contributed by atoms with E-state index in [0.29, 0.717) is 13.2 Å². The van der Waals surface area contributed by atoms with Gasteiger partial charge in [-0.05, 0) is 24.6 Å². The molecule has 0 spiro atoms.